The zero-order valence-corrected chi connectivity index (χ0v) is 15.8. The topological polar surface area (TPSA) is 59.8 Å². The Morgan fingerprint density at radius 3 is 2.44 bits per heavy atom. The Kier molecular flexibility index (Phi) is 5.31. The van der Waals surface area contributed by atoms with Crippen molar-refractivity contribution in [2.24, 2.45) is 0 Å². The van der Waals surface area contributed by atoms with Crippen LogP contribution < -0.4 is 10.4 Å². The maximum absolute atomic E-state index is 12.8. The van der Waals surface area contributed by atoms with Gasteiger partial charge in [-0.2, -0.15) is 0 Å². The minimum Gasteiger partial charge on any atom is -0.484 e. The Hall–Kier alpha value is -3.08. The van der Waals surface area contributed by atoms with Crippen molar-refractivity contribution in [3.8, 4) is 5.75 Å². The van der Waals surface area contributed by atoms with Crippen molar-refractivity contribution in [1.82, 2.24) is 4.90 Å². The normalized spacial score (nSPS) is 11.4. The van der Waals surface area contributed by atoms with Crippen molar-refractivity contribution < 1.29 is 13.9 Å². The van der Waals surface area contributed by atoms with Crippen molar-refractivity contribution in [3.05, 3.63) is 76.6 Å². The molecule has 0 aliphatic rings. The molecular weight excluding hydrogens is 342 g/mol. The van der Waals surface area contributed by atoms with E-state index in [2.05, 4.69) is 0 Å². The molecule has 0 spiro atoms. The van der Waals surface area contributed by atoms with E-state index >= 15 is 0 Å². The predicted octanol–water partition coefficient (Wildman–Crippen LogP) is 4.00. The first-order chi connectivity index (χ1) is 12.8. The molecule has 0 bridgehead atoms. The highest BCUT2D eigenvalue weighted by Gasteiger charge is 2.26. The van der Waals surface area contributed by atoms with E-state index in [0.29, 0.717) is 17.9 Å². The van der Waals surface area contributed by atoms with Gasteiger partial charge in [-0.3, -0.25) is 4.79 Å². The summed E-state index contributed by atoms with van der Waals surface area (Å²) in [7, 11) is 0. The number of carbonyl (C=O) groups excluding carboxylic acids is 1. The Labute approximate surface area is 158 Å². The molecule has 0 radical (unpaired) electrons. The molecule has 0 N–H and O–H groups in total. The average molecular weight is 365 g/mol. The number of benzene rings is 2. The van der Waals surface area contributed by atoms with Crippen LogP contribution in [0.3, 0.4) is 0 Å². The summed E-state index contributed by atoms with van der Waals surface area (Å²) in [4.78, 5) is 26.0. The van der Waals surface area contributed by atoms with Gasteiger partial charge < -0.3 is 14.1 Å². The van der Waals surface area contributed by atoms with Crippen molar-refractivity contribution in [2.45, 2.75) is 32.9 Å². The van der Waals surface area contributed by atoms with E-state index in [1.54, 1.807) is 29.2 Å². The van der Waals surface area contributed by atoms with E-state index in [9.17, 15) is 9.59 Å². The molecule has 0 unspecified atom stereocenters. The number of carbonyl (C=O) groups is 1. The second-order valence-corrected chi connectivity index (χ2v) is 7.38. The van der Waals surface area contributed by atoms with Gasteiger partial charge in [0.25, 0.3) is 5.91 Å². The van der Waals surface area contributed by atoms with Gasteiger partial charge in [-0.1, -0.05) is 30.3 Å². The second-order valence-electron chi connectivity index (χ2n) is 7.38. The lowest BCUT2D eigenvalue weighted by molar-refractivity contribution is -0.139. The summed E-state index contributed by atoms with van der Waals surface area (Å²) in [6.07, 6.45) is 0. The van der Waals surface area contributed by atoms with Gasteiger partial charge in [0.1, 0.15) is 11.3 Å². The van der Waals surface area contributed by atoms with Gasteiger partial charge in [0.15, 0.2) is 6.61 Å². The highest BCUT2D eigenvalue weighted by Crippen LogP contribution is 2.21. The number of fused-ring (bicyclic) bond motifs is 1. The van der Waals surface area contributed by atoms with Crippen molar-refractivity contribution >= 4 is 16.9 Å². The maximum atomic E-state index is 12.8. The molecule has 1 aromatic heterocycles. The minimum absolute atomic E-state index is 0.0906. The number of ether oxygens (including phenoxy) is 1. The number of nitrogens with zero attached hydrogens (tertiary/aromatic N) is 1. The largest absolute Gasteiger partial charge is 0.484 e. The van der Waals surface area contributed by atoms with Crippen LogP contribution in [0.4, 0.5) is 0 Å². The molecule has 0 atom stereocenters. The Balaban J connectivity index is 1.73. The summed E-state index contributed by atoms with van der Waals surface area (Å²) < 4.78 is 10.8. The zero-order valence-electron chi connectivity index (χ0n) is 15.8. The van der Waals surface area contributed by atoms with Crippen molar-refractivity contribution in [3.63, 3.8) is 0 Å². The van der Waals surface area contributed by atoms with Gasteiger partial charge in [-0.05, 0) is 44.5 Å². The van der Waals surface area contributed by atoms with Crippen LogP contribution in [-0.2, 0) is 11.3 Å². The molecular formula is C22H23NO4. The van der Waals surface area contributed by atoms with Crippen molar-refractivity contribution in [1.29, 1.82) is 0 Å². The first-order valence-corrected chi connectivity index (χ1v) is 8.84. The molecule has 0 aliphatic heterocycles. The highest BCUT2D eigenvalue weighted by molar-refractivity contribution is 5.80. The Morgan fingerprint density at radius 1 is 1.04 bits per heavy atom. The fourth-order valence-electron chi connectivity index (χ4n) is 2.82. The van der Waals surface area contributed by atoms with E-state index in [1.165, 1.54) is 6.07 Å². The zero-order chi connectivity index (χ0) is 19.4. The number of amides is 1. The molecule has 5 nitrogen and oxygen atoms in total. The van der Waals surface area contributed by atoms with Crippen LogP contribution in [0.5, 0.6) is 5.75 Å². The first-order valence-electron chi connectivity index (χ1n) is 8.84. The maximum Gasteiger partial charge on any atom is 0.336 e. The van der Waals surface area contributed by atoms with E-state index in [0.717, 1.165) is 10.9 Å². The average Bonchev–Trinajstić information content (AvgIpc) is 2.63. The quantitative estimate of drug-likeness (QED) is 0.641. The molecule has 1 amide bonds. The summed E-state index contributed by atoms with van der Waals surface area (Å²) in [6.45, 7) is 6.42. The third-order valence-corrected chi connectivity index (χ3v) is 4.25. The van der Waals surface area contributed by atoms with Gasteiger partial charge in [0.2, 0.25) is 0 Å². The van der Waals surface area contributed by atoms with E-state index in [1.807, 2.05) is 51.1 Å². The fourth-order valence-corrected chi connectivity index (χ4v) is 2.82. The van der Waals surface area contributed by atoms with Gasteiger partial charge in [0.05, 0.1) is 0 Å². The van der Waals surface area contributed by atoms with Crippen LogP contribution in [0.25, 0.3) is 11.0 Å². The van der Waals surface area contributed by atoms with Gasteiger partial charge >= 0.3 is 5.63 Å². The number of hydrogen-bond acceptors (Lipinski definition) is 4. The lowest BCUT2D eigenvalue weighted by Gasteiger charge is -2.35. The molecule has 5 heteroatoms. The van der Waals surface area contributed by atoms with E-state index < -0.39 is 5.63 Å². The van der Waals surface area contributed by atoms with E-state index in [4.69, 9.17) is 9.15 Å². The molecule has 27 heavy (non-hydrogen) atoms. The van der Waals surface area contributed by atoms with E-state index in [-0.39, 0.29) is 18.1 Å². The standard InChI is InChI=1S/C22H23NO4/c1-22(2,3)23(14-16-7-5-4-6-8-16)20(24)15-26-18-11-9-17-10-12-21(25)27-19(17)13-18/h4-13H,14-15H2,1-3H3. The molecule has 0 saturated heterocycles. The number of rotatable bonds is 5. The molecule has 2 aromatic carbocycles. The summed E-state index contributed by atoms with van der Waals surface area (Å²) in [5, 5.41) is 0.800. The summed E-state index contributed by atoms with van der Waals surface area (Å²) in [5.74, 6) is 0.375. The minimum atomic E-state index is -0.419. The molecule has 0 saturated carbocycles. The fraction of sp³-hybridized carbons (Fsp3) is 0.273. The third-order valence-electron chi connectivity index (χ3n) is 4.25. The van der Waals surface area contributed by atoms with Gasteiger partial charge in [0, 0.05) is 29.6 Å². The summed E-state index contributed by atoms with van der Waals surface area (Å²) in [6, 6.07) is 18.1. The highest BCUT2D eigenvalue weighted by atomic mass is 16.5. The molecule has 0 aliphatic carbocycles. The lowest BCUT2D eigenvalue weighted by Crippen LogP contribution is -2.47. The monoisotopic (exact) mass is 365 g/mol. The van der Waals surface area contributed by atoms with Gasteiger partial charge in [-0.15, -0.1) is 0 Å². The third kappa shape index (κ3) is 4.76. The molecule has 3 rings (SSSR count). The predicted molar refractivity (Wildman–Crippen MR) is 105 cm³/mol. The van der Waals surface area contributed by atoms with Crippen LogP contribution in [0.15, 0.2) is 69.9 Å². The molecule has 1 heterocycles. The Bertz CT molecular complexity index is 986. The summed E-state index contributed by atoms with van der Waals surface area (Å²) >= 11 is 0. The SMILES string of the molecule is CC(C)(C)N(Cc1ccccc1)C(=O)COc1ccc2ccc(=O)oc2c1. The van der Waals surface area contributed by atoms with Crippen LogP contribution in [0.1, 0.15) is 26.3 Å². The second kappa shape index (κ2) is 7.66. The van der Waals surface area contributed by atoms with Gasteiger partial charge in [-0.25, -0.2) is 4.79 Å². The first kappa shape index (κ1) is 18.7. The van der Waals surface area contributed by atoms with Crippen molar-refractivity contribution in [2.75, 3.05) is 6.61 Å². The molecule has 140 valence electrons. The van der Waals surface area contributed by atoms with Crippen LogP contribution in [-0.4, -0.2) is 23.0 Å². The smallest absolute Gasteiger partial charge is 0.336 e. The van der Waals surface area contributed by atoms with Crippen LogP contribution >= 0.6 is 0 Å². The van der Waals surface area contributed by atoms with Crippen LogP contribution in [0.2, 0.25) is 0 Å². The lowest BCUT2D eigenvalue weighted by atomic mass is 10.0. The molecule has 3 aromatic rings. The summed E-state index contributed by atoms with van der Waals surface area (Å²) in [5.41, 5.74) is 0.738. The van der Waals surface area contributed by atoms with Crippen LogP contribution in [0, 0.1) is 0 Å². The molecule has 0 fully saturated rings. The number of hydrogen-bond donors (Lipinski definition) is 0. The Morgan fingerprint density at radius 2 is 1.74 bits per heavy atom.